The smallest absolute Gasteiger partial charge is 0.124 e. The van der Waals surface area contributed by atoms with Crippen molar-refractivity contribution in [3.05, 3.63) is 65.7 Å². The molecule has 1 aromatic heterocycles. The molecule has 0 fully saturated rings. The Hall–Kier alpha value is -2.24. The van der Waals surface area contributed by atoms with E-state index >= 15 is 0 Å². The number of aliphatic hydroxyl groups excluding tert-OH is 1. The molecule has 0 aliphatic heterocycles. The summed E-state index contributed by atoms with van der Waals surface area (Å²) >= 11 is 0. The van der Waals surface area contributed by atoms with Gasteiger partial charge < -0.3 is 15.0 Å². The van der Waals surface area contributed by atoms with Crippen LogP contribution in [0.4, 0.5) is 4.39 Å². The molecule has 0 bridgehead atoms. The molecule has 1 atom stereocenters. The molecule has 0 saturated heterocycles. The van der Waals surface area contributed by atoms with E-state index in [2.05, 4.69) is 34.8 Å². The zero-order valence-corrected chi connectivity index (χ0v) is 13.9. The van der Waals surface area contributed by atoms with Crippen LogP contribution in [0.5, 0.6) is 0 Å². The second kappa shape index (κ2) is 7.11. The van der Waals surface area contributed by atoms with Crippen molar-refractivity contribution in [2.75, 3.05) is 6.54 Å². The first-order valence-electron chi connectivity index (χ1n) is 8.16. The first-order valence-corrected chi connectivity index (χ1v) is 8.16. The van der Waals surface area contributed by atoms with Crippen LogP contribution in [-0.4, -0.2) is 21.2 Å². The van der Waals surface area contributed by atoms with Crippen molar-refractivity contribution in [3.63, 3.8) is 0 Å². The summed E-state index contributed by atoms with van der Waals surface area (Å²) in [6, 6.07) is 14.3. The third kappa shape index (κ3) is 3.47. The number of nitrogens with zero attached hydrogens (tertiary/aromatic N) is 2. The van der Waals surface area contributed by atoms with Crippen LogP contribution in [0.3, 0.4) is 0 Å². The van der Waals surface area contributed by atoms with E-state index in [4.69, 9.17) is 0 Å². The molecule has 3 aromatic rings. The van der Waals surface area contributed by atoms with E-state index in [0.717, 1.165) is 16.9 Å². The van der Waals surface area contributed by atoms with Crippen molar-refractivity contribution in [3.8, 4) is 0 Å². The van der Waals surface area contributed by atoms with Gasteiger partial charge in [-0.3, -0.25) is 0 Å². The van der Waals surface area contributed by atoms with E-state index in [1.54, 1.807) is 12.1 Å². The van der Waals surface area contributed by atoms with Crippen molar-refractivity contribution in [2.24, 2.45) is 0 Å². The Morgan fingerprint density at radius 3 is 2.54 bits per heavy atom. The summed E-state index contributed by atoms with van der Waals surface area (Å²) in [6.45, 7) is 5.20. The summed E-state index contributed by atoms with van der Waals surface area (Å²) in [4.78, 5) is 4.68. The van der Waals surface area contributed by atoms with Gasteiger partial charge in [-0.25, -0.2) is 9.37 Å². The predicted octanol–water partition coefficient (Wildman–Crippen LogP) is 3.58. The van der Waals surface area contributed by atoms with Gasteiger partial charge in [0, 0.05) is 12.6 Å². The molecule has 4 nitrogen and oxygen atoms in total. The van der Waals surface area contributed by atoms with Gasteiger partial charge in [-0.2, -0.15) is 0 Å². The summed E-state index contributed by atoms with van der Waals surface area (Å²) in [5.41, 5.74) is 2.78. The highest BCUT2D eigenvalue weighted by molar-refractivity contribution is 5.76. The van der Waals surface area contributed by atoms with Crippen LogP contribution < -0.4 is 5.32 Å². The minimum absolute atomic E-state index is 0.301. The maximum absolute atomic E-state index is 12.9. The molecule has 2 N–H and O–H groups in total. The van der Waals surface area contributed by atoms with E-state index in [-0.39, 0.29) is 5.82 Å². The lowest BCUT2D eigenvalue weighted by atomic mass is 10.1. The molecule has 2 aromatic carbocycles. The minimum Gasteiger partial charge on any atom is -0.387 e. The Balaban J connectivity index is 1.69. The first-order chi connectivity index (χ1) is 11.6. The zero-order chi connectivity index (χ0) is 17.1. The SMILES string of the molecule is CC(C)n1c(CNC[C@@H](O)c2ccc(F)cc2)nc2ccccc21. The number of halogens is 1. The number of fused-ring (bicyclic) bond motifs is 1. The zero-order valence-electron chi connectivity index (χ0n) is 13.9. The van der Waals surface area contributed by atoms with Crippen LogP contribution in [0.1, 0.15) is 37.4 Å². The van der Waals surface area contributed by atoms with Gasteiger partial charge in [0.1, 0.15) is 11.6 Å². The van der Waals surface area contributed by atoms with Crippen LogP contribution in [-0.2, 0) is 6.54 Å². The molecule has 0 unspecified atom stereocenters. The maximum Gasteiger partial charge on any atom is 0.124 e. The van der Waals surface area contributed by atoms with E-state index < -0.39 is 6.10 Å². The number of para-hydroxylation sites is 2. The summed E-state index contributed by atoms with van der Waals surface area (Å²) in [7, 11) is 0. The Labute approximate surface area is 141 Å². The van der Waals surface area contributed by atoms with Crippen LogP contribution >= 0.6 is 0 Å². The number of rotatable bonds is 6. The fourth-order valence-electron chi connectivity index (χ4n) is 2.92. The van der Waals surface area contributed by atoms with Gasteiger partial charge in [0.2, 0.25) is 0 Å². The lowest BCUT2D eigenvalue weighted by Gasteiger charge is -2.15. The molecule has 3 rings (SSSR count). The Bertz CT molecular complexity index is 811. The van der Waals surface area contributed by atoms with Gasteiger partial charge in [0.15, 0.2) is 0 Å². The number of hydrogen-bond acceptors (Lipinski definition) is 3. The molecule has 0 radical (unpaired) electrons. The van der Waals surface area contributed by atoms with Crippen LogP contribution in [0.25, 0.3) is 11.0 Å². The van der Waals surface area contributed by atoms with Gasteiger partial charge in [-0.1, -0.05) is 24.3 Å². The van der Waals surface area contributed by atoms with Crippen molar-refractivity contribution in [1.29, 1.82) is 0 Å². The number of aliphatic hydroxyl groups is 1. The molecular formula is C19H22FN3O. The van der Waals surface area contributed by atoms with Gasteiger partial charge in [0.05, 0.1) is 23.7 Å². The van der Waals surface area contributed by atoms with E-state index in [0.29, 0.717) is 24.7 Å². The van der Waals surface area contributed by atoms with E-state index in [9.17, 15) is 9.50 Å². The molecule has 0 amide bonds. The molecule has 1 heterocycles. The summed E-state index contributed by atoms with van der Waals surface area (Å²) in [5.74, 6) is 0.641. The Morgan fingerprint density at radius 2 is 1.83 bits per heavy atom. The topological polar surface area (TPSA) is 50.1 Å². The quantitative estimate of drug-likeness (QED) is 0.727. The van der Waals surface area contributed by atoms with Gasteiger partial charge in [-0.05, 0) is 43.7 Å². The predicted molar refractivity (Wildman–Crippen MR) is 93.2 cm³/mol. The van der Waals surface area contributed by atoms with Gasteiger partial charge >= 0.3 is 0 Å². The highest BCUT2D eigenvalue weighted by atomic mass is 19.1. The van der Waals surface area contributed by atoms with Gasteiger partial charge in [-0.15, -0.1) is 0 Å². The standard InChI is InChI=1S/C19H22FN3O/c1-13(2)23-17-6-4-3-5-16(17)22-19(23)12-21-11-18(24)14-7-9-15(20)10-8-14/h3-10,13,18,21,24H,11-12H2,1-2H3/t18-/m1/s1. The second-order valence-corrected chi connectivity index (χ2v) is 6.18. The molecule has 0 aliphatic rings. The molecule has 0 saturated carbocycles. The average Bonchev–Trinajstić information content (AvgIpc) is 2.93. The minimum atomic E-state index is -0.678. The summed E-state index contributed by atoms with van der Waals surface area (Å²) in [5, 5.41) is 13.4. The number of aromatic nitrogens is 2. The van der Waals surface area contributed by atoms with E-state index in [1.807, 2.05) is 18.2 Å². The molecule has 5 heteroatoms. The normalized spacial score (nSPS) is 12.9. The first kappa shape index (κ1) is 16.6. The number of imidazole rings is 1. The number of nitrogens with one attached hydrogen (secondary N) is 1. The number of hydrogen-bond donors (Lipinski definition) is 2. The molecule has 0 spiro atoms. The van der Waals surface area contributed by atoms with Crippen molar-refractivity contribution in [2.45, 2.75) is 32.5 Å². The van der Waals surface area contributed by atoms with Gasteiger partial charge in [0.25, 0.3) is 0 Å². The summed E-state index contributed by atoms with van der Waals surface area (Å²) < 4.78 is 15.1. The lowest BCUT2D eigenvalue weighted by Crippen LogP contribution is -2.23. The van der Waals surface area contributed by atoms with Crippen molar-refractivity contribution in [1.82, 2.24) is 14.9 Å². The third-order valence-corrected chi connectivity index (χ3v) is 4.06. The average molecular weight is 327 g/mol. The fourth-order valence-corrected chi connectivity index (χ4v) is 2.92. The third-order valence-electron chi connectivity index (χ3n) is 4.06. The Morgan fingerprint density at radius 1 is 1.12 bits per heavy atom. The highest BCUT2D eigenvalue weighted by Gasteiger charge is 2.13. The van der Waals surface area contributed by atoms with E-state index in [1.165, 1.54) is 12.1 Å². The highest BCUT2D eigenvalue weighted by Crippen LogP contribution is 2.21. The molecule has 24 heavy (non-hydrogen) atoms. The molecular weight excluding hydrogens is 305 g/mol. The largest absolute Gasteiger partial charge is 0.387 e. The molecule has 0 aliphatic carbocycles. The monoisotopic (exact) mass is 327 g/mol. The van der Waals surface area contributed by atoms with Crippen LogP contribution in [0, 0.1) is 5.82 Å². The molecule has 126 valence electrons. The van der Waals surface area contributed by atoms with Crippen molar-refractivity contribution >= 4 is 11.0 Å². The Kier molecular flexibility index (Phi) is 4.92. The lowest BCUT2D eigenvalue weighted by molar-refractivity contribution is 0.174. The maximum atomic E-state index is 12.9. The fraction of sp³-hybridized carbons (Fsp3) is 0.316. The number of benzene rings is 2. The second-order valence-electron chi connectivity index (χ2n) is 6.18. The van der Waals surface area contributed by atoms with Crippen molar-refractivity contribution < 1.29 is 9.50 Å². The van der Waals surface area contributed by atoms with Crippen LogP contribution in [0.2, 0.25) is 0 Å². The summed E-state index contributed by atoms with van der Waals surface area (Å²) in [6.07, 6.45) is -0.678. The van der Waals surface area contributed by atoms with Crippen LogP contribution in [0.15, 0.2) is 48.5 Å².